The van der Waals surface area contributed by atoms with Gasteiger partial charge in [0.05, 0.1) is 9.17 Å². The molecule has 0 unspecified atom stereocenters. The second-order valence-electron chi connectivity index (χ2n) is 2.66. The van der Waals surface area contributed by atoms with E-state index in [1.54, 1.807) is 0 Å². The largest absolute Gasteiger partial charge is 0.204 e. The first kappa shape index (κ1) is 8.20. The van der Waals surface area contributed by atoms with Crippen molar-refractivity contribution in [2.24, 2.45) is 0 Å². The van der Waals surface area contributed by atoms with Crippen molar-refractivity contribution in [3.8, 4) is 0 Å². The highest BCUT2D eigenvalue weighted by Gasteiger charge is 2.08. The van der Waals surface area contributed by atoms with Gasteiger partial charge in [-0.1, -0.05) is 0 Å². The minimum absolute atomic E-state index is 0.139. The standard InChI is InChI=1S/C9H6BrFS/c1-5-4-6-2-3-12-9(6)8(11)7(5)10/h2-4H,1H3. The van der Waals surface area contributed by atoms with Crippen molar-refractivity contribution in [1.29, 1.82) is 0 Å². The van der Waals surface area contributed by atoms with Gasteiger partial charge in [-0.15, -0.1) is 11.3 Å². The Balaban J connectivity index is 2.94. The molecule has 0 fully saturated rings. The number of halogens is 2. The van der Waals surface area contributed by atoms with Gasteiger partial charge in [0.25, 0.3) is 0 Å². The average molecular weight is 245 g/mol. The van der Waals surface area contributed by atoms with Crippen molar-refractivity contribution < 1.29 is 4.39 Å². The molecule has 0 saturated heterocycles. The molecular formula is C9H6BrFS. The first-order valence-electron chi connectivity index (χ1n) is 3.52. The van der Waals surface area contributed by atoms with Crippen molar-refractivity contribution in [1.82, 2.24) is 0 Å². The molecular weight excluding hydrogens is 239 g/mol. The van der Waals surface area contributed by atoms with Gasteiger partial charge in [-0.25, -0.2) is 4.39 Å². The zero-order valence-corrected chi connectivity index (χ0v) is 8.80. The highest BCUT2D eigenvalue weighted by atomic mass is 79.9. The first-order chi connectivity index (χ1) is 5.70. The van der Waals surface area contributed by atoms with E-state index in [2.05, 4.69) is 15.9 Å². The molecule has 0 nitrogen and oxygen atoms in total. The summed E-state index contributed by atoms with van der Waals surface area (Å²) in [4.78, 5) is 0. The minimum atomic E-state index is -0.139. The zero-order valence-electron chi connectivity index (χ0n) is 6.40. The maximum Gasteiger partial charge on any atom is 0.155 e. The molecule has 1 aromatic carbocycles. The van der Waals surface area contributed by atoms with E-state index in [1.165, 1.54) is 11.3 Å². The van der Waals surface area contributed by atoms with Gasteiger partial charge >= 0.3 is 0 Å². The highest BCUT2D eigenvalue weighted by Crippen LogP contribution is 2.31. The molecule has 0 saturated carbocycles. The van der Waals surface area contributed by atoms with Crippen LogP contribution >= 0.6 is 27.3 Å². The fraction of sp³-hybridized carbons (Fsp3) is 0.111. The topological polar surface area (TPSA) is 0 Å². The predicted molar refractivity (Wildman–Crippen MR) is 54.2 cm³/mol. The van der Waals surface area contributed by atoms with E-state index in [0.29, 0.717) is 4.47 Å². The molecule has 0 N–H and O–H groups in total. The molecule has 0 radical (unpaired) electrons. The van der Waals surface area contributed by atoms with Crippen LogP contribution in [0.5, 0.6) is 0 Å². The van der Waals surface area contributed by atoms with Crippen LogP contribution in [-0.4, -0.2) is 0 Å². The molecule has 0 bridgehead atoms. The Bertz CT molecular complexity index is 433. The zero-order chi connectivity index (χ0) is 8.72. The quantitative estimate of drug-likeness (QED) is 0.655. The van der Waals surface area contributed by atoms with Crippen LogP contribution in [0.25, 0.3) is 10.1 Å². The van der Waals surface area contributed by atoms with Crippen LogP contribution < -0.4 is 0 Å². The third-order valence-corrected chi connectivity index (χ3v) is 3.70. The van der Waals surface area contributed by atoms with Crippen molar-refractivity contribution in [2.45, 2.75) is 6.92 Å². The normalized spacial score (nSPS) is 10.9. The molecule has 1 heterocycles. The van der Waals surface area contributed by atoms with Gasteiger partial charge in [-0.3, -0.25) is 0 Å². The van der Waals surface area contributed by atoms with Crippen molar-refractivity contribution >= 4 is 37.4 Å². The number of fused-ring (bicyclic) bond motifs is 1. The fourth-order valence-corrected chi connectivity index (χ4v) is 2.44. The summed E-state index contributed by atoms with van der Waals surface area (Å²) >= 11 is 4.65. The van der Waals surface area contributed by atoms with E-state index in [0.717, 1.165) is 15.6 Å². The third kappa shape index (κ3) is 1.08. The van der Waals surface area contributed by atoms with Crippen LogP contribution in [0.15, 0.2) is 22.0 Å². The second-order valence-corrected chi connectivity index (χ2v) is 4.37. The monoisotopic (exact) mass is 244 g/mol. The summed E-state index contributed by atoms with van der Waals surface area (Å²) in [5, 5.41) is 2.89. The predicted octanol–water partition coefficient (Wildman–Crippen LogP) is 4.11. The molecule has 12 heavy (non-hydrogen) atoms. The van der Waals surface area contributed by atoms with Crippen LogP contribution in [0, 0.1) is 12.7 Å². The van der Waals surface area contributed by atoms with Gasteiger partial charge in [-0.05, 0) is 51.3 Å². The minimum Gasteiger partial charge on any atom is -0.204 e. The van der Waals surface area contributed by atoms with Crippen LogP contribution in [0.4, 0.5) is 4.39 Å². The highest BCUT2D eigenvalue weighted by molar-refractivity contribution is 9.10. The Labute approximate surface area is 82.2 Å². The van der Waals surface area contributed by atoms with E-state index in [4.69, 9.17) is 0 Å². The molecule has 1 aromatic heterocycles. The molecule has 0 atom stereocenters. The third-order valence-electron chi connectivity index (χ3n) is 1.81. The van der Waals surface area contributed by atoms with Gasteiger partial charge in [0.15, 0.2) is 5.82 Å². The summed E-state index contributed by atoms with van der Waals surface area (Å²) < 4.78 is 14.8. The summed E-state index contributed by atoms with van der Waals surface area (Å²) in [5.74, 6) is -0.139. The lowest BCUT2D eigenvalue weighted by atomic mass is 10.2. The summed E-state index contributed by atoms with van der Waals surface area (Å²) in [6, 6.07) is 3.92. The maximum absolute atomic E-state index is 13.5. The Morgan fingerprint density at radius 3 is 3.00 bits per heavy atom. The van der Waals surface area contributed by atoms with Gasteiger partial charge in [0.2, 0.25) is 0 Å². The van der Waals surface area contributed by atoms with Gasteiger partial charge < -0.3 is 0 Å². The SMILES string of the molecule is Cc1cc2ccsc2c(F)c1Br. The molecule has 3 heteroatoms. The van der Waals surface area contributed by atoms with Gasteiger partial charge in [0, 0.05) is 0 Å². The molecule has 0 spiro atoms. The molecule has 0 amide bonds. The lowest BCUT2D eigenvalue weighted by molar-refractivity contribution is 0.634. The molecule has 2 aromatic rings. The summed E-state index contributed by atoms with van der Waals surface area (Å²) in [6.07, 6.45) is 0. The van der Waals surface area contributed by atoms with Gasteiger partial charge in [-0.2, -0.15) is 0 Å². The molecule has 2 rings (SSSR count). The van der Waals surface area contributed by atoms with Crippen molar-refractivity contribution in [3.63, 3.8) is 0 Å². The Morgan fingerprint density at radius 2 is 2.25 bits per heavy atom. The first-order valence-corrected chi connectivity index (χ1v) is 5.19. The Hall–Kier alpha value is -0.410. The van der Waals surface area contributed by atoms with Crippen molar-refractivity contribution in [3.05, 3.63) is 33.4 Å². The number of rotatable bonds is 0. The molecule has 62 valence electrons. The number of aryl methyl sites for hydroxylation is 1. The Kier molecular flexibility index (Phi) is 1.93. The van der Waals surface area contributed by atoms with Crippen LogP contribution in [0.1, 0.15) is 5.56 Å². The van der Waals surface area contributed by atoms with E-state index >= 15 is 0 Å². The van der Waals surface area contributed by atoms with E-state index < -0.39 is 0 Å². The second kappa shape index (κ2) is 2.82. The van der Waals surface area contributed by atoms with E-state index in [-0.39, 0.29) is 5.82 Å². The number of thiophene rings is 1. The Morgan fingerprint density at radius 1 is 1.50 bits per heavy atom. The van der Waals surface area contributed by atoms with E-state index in [9.17, 15) is 4.39 Å². The smallest absolute Gasteiger partial charge is 0.155 e. The lowest BCUT2D eigenvalue weighted by Gasteiger charge is -2.00. The van der Waals surface area contributed by atoms with Crippen molar-refractivity contribution in [2.75, 3.05) is 0 Å². The van der Waals surface area contributed by atoms with Crippen LogP contribution in [0.3, 0.4) is 0 Å². The summed E-state index contributed by atoms with van der Waals surface area (Å²) in [6.45, 7) is 1.89. The average Bonchev–Trinajstić information content (AvgIpc) is 2.48. The van der Waals surface area contributed by atoms with Crippen LogP contribution in [0.2, 0.25) is 0 Å². The summed E-state index contributed by atoms with van der Waals surface area (Å²) in [7, 11) is 0. The molecule has 0 aliphatic carbocycles. The molecule has 0 aliphatic rings. The molecule has 0 aliphatic heterocycles. The maximum atomic E-state index is 13.5. The number of benzene rings is 1. The van der Waals surface area contributed by atoms with Gasteiger partial charge in [0.1, 0.15) is 0 Å². The summed E-state index contributed by atoms with van der Waals surface area (Å²) in [5.41, 5.74) is 0.943. The lowest BCUT2D eigenvalue weighted by Crippen LogP contribution is -1.81. The van der Waals surface area contributed by atoms with Crippen LogP contribution in [-0.2, 0) is 0 Å². The fourth-order valence-electron chi connectivity index (χ4n) is 1.18. The number of hydrogen-bond donors (Lipinski definition) is 0. The number of hydrogen-bond acceptors (Lipinski definition) is 1. The van der Waals surface area contributed by atoms with E-state index in [1.807, 2.05) is 24.4 Å².